The summed E-state index contributed by atoms with van der Waals surface area (Å²) in [7, 11) is 3.09. The van der Waals surface area contributed by atoms with Crippen molar-refractivity contribution in [3.05, 3.63) is 89.6 Å². The average Bonchev–Trinajstić information content (AvgIpc) is 3.38. The van der Waals surface area contributed by atoms with E-state index < -0.39 is 0 Å². The fourth-order valence-electron chi connectivity index (χ4n) is 5.33. The first kappa shape index (κ1) is 27.3. The SMILES string of the molecule is COc1cc2cc(c1)C(=O)N[C@H]1CN(Cc3ccc4ccccc4n3)C[C@@H]1Oc1ccc(c(OC)c1)CNC(=O)CO2. The van der Waals surface area contributed by atoms with Crippen molar-refractivity contribution in [2.75, 3.05) is 33.9 Å². The molecule has 0 saturated carbocycles. The van der Waals surface area contributed by atoms with E-state index in [0.29, 0.717) is 48.2 Å². The van der Waals surface area contributed by atoms with E-state index in [1.165, 1.54) is 7.11 Å². The molecule has 4 aromatic rings. The maximum absolute atomic E-state index is 13.5. The van der Waals surface area contributed by atoms with Crippen LogP contribution in [0.2, 0.25) is 0 Å². The minimum absolute atomic E-state index is 0.222. The second-order valence-corrected chi connectivity index (χ2v) is 10.4. The molecule has 1 fully saturated rings. The molecule has 7 rings (SSSR count). The van der Waals surface area contributed by atoms with E-state index >= 15 is 0 Å². The molecule has 4 bridgehead atoms. The van der Waals surface area contributed by atoms with Crippen LogP contribution in [0.25, 0.3) is 10.9 Å². The summed E-state index contributed by atoms with van der Waals surface area (Å²) in [4.78, 5) is 33.1. The molecule has 1 aromatic heterocycles. The number of benzene rings is 3. The lowest BCUT2D eigenvalue weighted by atomic mass is 10.1. The molecule has 4 heterocycles. The fraction of sp³-hybridized carbons (Fsp3) is 0.281. The van der Waals surface area contributed by atoms with Crippen molar-refractivity contribution >= 4 is 22.7 Å². The third kappa shape index (κ3) is 6.08. The summed E-state index contributed by atoms with van der Waals surface area (Å²) in [5.74, 6) is 1.37. The first-order valence-electron chi connectivity index (χ1n) is 13.8. The second-order valence-electron chi connectivity index (χ2n) is 10.4. The maximum Gasteiger partial charge on any atom is 0.258 e. The lowest BCUT2D eigenvalue weighted by molar-refractivity contribution is -0.123. The maximum atomic E-state index is 13.5. The molecular formula is C32H32N4O6. The molecule has 42 heavy (non-hydrogen) atoms. The van der Waals surface area contributed by atoms with Crippen LogP contribution in [0.5, 0.6) is 23.0 Å². The van der Waals surface area contributed by atoms with Gasteiger partial charge in [0.1, 0.15) is 29.1 Å². The average molecular weight is 569 g/mol. The number of ether oxygens (including phenoxy) is 4. The topological polar surface area (TPSA) is 111 Å². The van der Waals surface area contributed by atoms with E-state index in [4.69, 9.17) is 23.9 Å². The Balaban J connectivity index is 1.30. The molecule has 3 aromatic carbocycles. The molecule has 0 radical (unpaired) electrons. The van der Waals surface area contributed by atoms with Gasteiger partial charge in [-0.15, -0.1) is 0 Å². The van der Waals surface area contributed by atoms with Gasteiger partial charge < -0.3 is 29.6 Å². The largest absolute Gasteiger partial charge is 0.497 e. The van der Waals surface area contributed by atoms with Crippen LogP contribution in [-0.2, 0) is 17.9 Å². The number of carbonyl (C=O) groups excluding carboxylic acids is 2. The number of pyridine rings is 1. The van der Waals surface area contributed by atoms with Gasteiger partial charge in [-0.05, 0) is 36.4 Å². The minimum atomic E-state index is -0.346. The number of hydrogen-bond donors (Lipinski definition) is 2. The Morgan fingerprint density at radius 1 is 0.952 bits per heavy atom. The molecule has 3 aliphatic rings. The zero-order valence-electron chi connectivity index (χ0n) is 23.5. The highest BCUT2D eigenvalue weighted by atomic mass is 16.5. The number of nitrogens with one attached hydrogen (secondary N) is 2. The monoisotopic (exact) mass is 568 g/mol. The first-order valence-corrected chi connectivity index (χ1v) is 13.8. The lowest BCUT2D eigenvalue weighted by Crippen LogP contribution is -2.45. The van der Waals surface area contributed by atoms with Gasteiger partial charge in [0.25, 0.3) is 11.8 Å². The van der Waals surface area contributed by atoms with Gasteiger partial charge in [0.05, 0.1) is 31.5 Å². The number of hydrogen-bond acceptors (Lipinski definition) is 8. The Hall–Kier alpha value is -4.83. The molecule has 2 amide bonds. The van der Waals surface area contributed by atoms with Crippen LogP contribution in [0.3, 0.4) is 0 Å². The Kier molecular flexibility index (Phi) is 7.78. The molecule has 1 saturated heterocycles. The van der Waals surface area contributed by atoms with E-state index in [-0.39, 0.29) is 37.1 Å². The number of carbonyl (C=O) groups is 2. The Bertz CT molecular complexity index is 1630. The number of methoxy groups -OCH3 is 2. The predicted molar refractivity (Wildman–Crippen MR) is 156 cm³/mol. The molecular weight excluding hydrogens is 536 g/mol. The minimum Gasteiger partial charge on any atom is -0.497 e. The molecule has 0 spiro atoms. The highest BCUT2D eigenvalue weighted by Gasteiger charge is 2.36. The van der Waals surface area contributed by atoms with E-state index in [1.54, 1.807) is 31.4 Å². The number of amides is 2. The van der Waals surface area contributed by atoms with E-state index in [2.05, 4.69) is 21.6 Å². The van der Waals surface area contributed by atoms with E-state index in [9.17, 15) is 9.59 Å². The van der Waals surface area contributed by atoms with Gasteiger partial charge in [-0.2, -0.15) is 0 Å². The molecule has 10 heteroatoms. The van der Waals surface area contributed by atoms with Crippen molar-refractivity contribution in [2.24, 2.45) is 0 Å². The third-order valence-electron chi connectivity index (χ3n) is 7.47. The normalized spacial score (nSPS) is 19.2. The van der Waals surface area contributed by atoms with Gasteiger partial charge in [-0.3, -0.25) is 19.5 Å². The van der Waals surface area contributed by atoms with E-state index in [1.807, 2.05) is 42.5 Å². The number of fused-ring (bicyclic) bond motifs is 8. The number of aromatic nitrogens is 1. The van der Waals surface area contributed by atoms with Crippen molar-refractivity contribution in [2.45, 2.75) is 25.2 Å². The summed E-state index contributed by atoms with van der Waals surface area (Å²) in [6.45, 7) is 1.78. The molecule has 0 aliphatic carbocycles. The first-order chi connectivity index (χ1) is 20.5. The van der Waals surface area contributed by atoms with Crippen molar-refractivity contribution in [1.29, 1.82) is 0 Å². The zero-order chi connectivity index (χ0) is 29.1. The molecule has 3 aliphatic heterocycles. The van der Waals surface area contributed by atoms with Crippen LogP contribution in [0.4, 0.5) is 0 Å². The predicted octanol–water partition coefficient (Wildman–Crippen LogP) is 3.32. The van der Waals surface area contributed by atoms with Crippen molar-refractivity contribution in [3.8, 4) is 23.0 Å². The number of nitrogens with zero attached hydrogens (tertiary/aromatic N) is 2. The van der Waals surface area contributed by atoms with Gasteiger partial charge in [0.2, 0.25) is 0 Å². The third-order valence-corrected chi connectivity index (χ3v) is 7.47. The van der Waals surface area contributed by atoms with Crippen molar-refractivity contribution in [1.82, 2.24) is 20.5 Å². The Morgan fingerprint density at radius 2 is 1.83 bits per heavy atom. The number of para-hydroxylation sites is 1. The number of rotatable bonds is 4. The van der Waals surface area contributed by atoms with Gasteiger partial charge in [-0.1, -0.05) is 24.3 Å². The summed E-state index contributed by atoms with van der Waals surface area (Å²) in [5, 5.41) is 7.09. The summed E-state index contributed by atoms with van der Waals surface area (Å²) in [6.07, 6.45) is -0.346. The molecule has 216 valence electrons. The molecule has 0 unspecified atom stereocenters. The second kappa shape index (κ2) is 12.0. The molecule has 2 atom stereocenters. The summed E-state index contributed by atoms with van der Waals surface area (Å²) in [5.41, 5.74) is 3.04. The summed E-state index contributed by atoms with van der Waals surface area (Å²) >= 11 is 0. The highest BCUT2D eigenvalue weighted by Crippen LogP contribution is 2.29. The number of likely N-dealkylation sites (tertiary alicyclic amines) is 1. The van der Waals surface area contributed by atoms with Gasteiger partial charge in [-0.25, -0.2) is 0 Å². The zero-order valence-corrected chi connectivity index (χ0v) is 23.5. The van der Waals surface area contributed by atoms with Crippen LogP contribution in [0.1, 0.15) is 21.6 Å². The summed E-state index contributed by atoms with van der Waals surface area (Å²) < 4.78 is 23.2. The van der Waals surface area contributed by atoms with Crippen LogP contribution >= 0.6 is 0 Å². The van der Waals surface area contributed by atoms with Crippen LogP contribution in [0, 0.1) is 0 Å². The van der Waals surface area contributed by atoms with E-state index in [0.717, 1.165) is 22.2 Å². The fourth-order valence-corrected chi connectivity index (χ4v) is 5.33. The van der Waals surface area contributed by atoms with Crippen LogP contribution in [-0.4, -0.2) is 67.8 Å². The summed E-state index contributed by atoms with van der Waals surface area (Å²) in [6, 6.07) is 22.2. The Labute approximate surface area is 243 Å². The van der Waals surface area contributed by atoms with Crippen molar-refractivity contribution in [3.63, 3.8) is 0 Å². The van der Waals surface area contributed by atoms with Gasteiger partial charge in [0.15, 0.2) is 6.61 Å². The lowest BCUT2D eigenvalue weighted by Gasteiger charge is -2.22. The van der Waals surface area contributed by atoms with Gasteiger partial charge >= 0.3 is 0 Å². The quantitative estimate of drug-likeness (QED) is 0.386. The van der Waals surface area contributed by atoms with Crippen LogP contribution < -0.4 is 29.6 Å². The van der Waals surface area contributed by atoms with Crippen molar-refractivity contribution < 1.29 is 28.5 Å². The highest BCUT2D eigenvalue weighted by molar-refractivity contribution is 5.95. The smallest absolute Gasteiger partial charge is 0.258 e. The molecule has 2 N–H and O–H groups in total. The van der Waals surface area contributed by atoms with Crippen LogP contribution in [0.15, 0.2) is 72.8 Å². The molecule has 10 nitrogen and oxygen atoms in total. The van der Waals surface area contributed by atoms with Gasteiger partial charge in [0, 0.05) is 54.8 Å². The Morgan fingerprint density at radius 3 is 2.69 bits per heavy atom. The standard InChI is InChI=1S/C32H32N4O6/c1-39-25-11-22-12-26(13-25)41-19-31(37)33-15-21-8-10-24(14-29(21)40-2)42-30-18-36(17-28(30)35-32(22)38)16-23-9-7-20-5-3-4-6-27(20)34-23/h3-14,28,30H,15-19H2,1-2H3,(H,33,37)(H,35,38)/t28-,30-/m0/s1.